The van der Waals surface area contributed by atoms with Gasteiger partial charge >= 0.3 is 0 Å². The molecule has 1 amide bonds. The molecular weight excluding hydrogens is 306 g/mol. The van der Waals surface area contributed by atoms with Crippen LogP contribution in [0.25, 0.3) is 0 Å². The number of halogens is 1. The SMILES string of the molecule is CC1CC2(c3ccccc3)CC(CC(C)(C)C2)C1CCl.NC=O. The fourth-order valence-corrected chi connectivity index (χ4v) is 6.00. The standard InChI is InChI=1S/C19H27Cl.CH3NO/c1-14-9-19(16-7-5-4-6-8-16)11-15(17(14)12-20)10-18(2,3)13-19;2-1-3/h4-8,14-15,17H,9-13H2,1-3H3;1H,(H2,2,3). The highest BCUT2D eigenvalue weighted by Crippen LogP contribution is 2.59. The quantitative estimate of drug-likeness (QED) is 0.615. The van der Waals surface area contributed by atoms with Crippen LogP contribution in [0.15, 0.2) is 30.3 Å². The molecule has 0 saturated heterocycles. The van der Waals surface area contributed by atoms with E-state index in [-0.39, 0.29) is 6.41 Å². The van der Waals surface area contributed by atoms with Gasteiger partial charge in [0.05, 0.1) is 0 Å². The Hall–Kier alpha value is -1.02. The van der Waals surface area contributed by atoms with Crippen LogP contribution in [0.1, 0.15) is 52.0 Å². The summed E-state index contributed by atoms with van der Waals surface area (Å²) >= 11 is 6.31. The first kappa shape index (κ1) is 18.3. The van der Waals surface area contributed by atoms with Crippen molar-refractivity contribution < 1.29 is 4.79 Å². The van der Waals surface area contributed by atoms with E-state index in [4.69, 9.17) is 16.4 Å². The van der Waals surface area contributed by atoms with Crippen molar-refractivity contribution >= 4 is 18.0 Å². The van der Waals surface area contributed by atoms with Crippen LogP contribution in [-0.2, 0) is 10.2 Å². The average molecular weight is 336 g/mol. The van der Waals surface area contributed by atoms with Gasteiger partial charge in [0, 0.05) is 5.88 Å². The van der Waals surface area contributed by atoms with Crippen molar-refractivity contribution in [3.63, 3.8) is 0 Å². The summed E-state index contributed by atoms with van der Waals surface area (Å²) in [4.78, 5) is 8.58. The Labute approximate surface area is 145 Å². The number of carbonyl (C=O) groups is 1. The number of hydrogen-bond donors (Lipinski definition) is 1. The van der Waals surface area contributed by atoms with E-state index in [1.807, 2.05) is 0 Å². The maximum Gasteiger partial charge on any atom is 0.204 e. The molecule has 4 atom stereocenters. The van der Waals surface area contributed by atoms with E-state index in [1.165, 1.54) is 25.7 Å². The van der Waals surface area contributed by atoms with Gasteiger partial charge in [0.15, 0.2) is 0 Å². The van der Waals surface area contributed by atoms with Gasteiger partial charge in [-0.2, -0.15) is 0 Å². The lowest BCUT2D eigenvalue weighted by Gasteiger charge is -2.56. The number of rotatable bonds is 2. The minimum absolute atomic E-state index is 0.250. The average Bonchev–Trinajstić information content (AvgIpc) is 2.47. The van der Waals surface area contributed by atoms with Gasteiger partial charge in [0.1, 0.15) is 0 Å². The second-order valence-electron chi connectivity index (χ2n) is 8.29. The molecule has 2 aliphatic carbocycles. The van der Waals surface area contributed by atoms with E-state index in [0.29, 0.717) is 16.7 Å². The van der Waals surface area contributed by atoms with Crippen LogP contribution in [-0.4, -0.2) is 12.3 Å². The van der Waals surface area contributed by atoms with E-state index in [9.17, 15) is 0 Å². The predicted octanol–water partition coefficient (Wildman–Crippen LogP) is 4.75. The topological polar surface area (TPSA) is 43.1 Å². The summed E-state index contributed by atoms with van der Waals surface area (Å²) in [6.45, 7) is 7.34. The molecule has 2 fully saturated rings. The largest absolute Gasteiger partial charge is 0.372 e. The first-order valence-corrected chi connectivity index (χ1v) is 9.18. The highest BCUT2D eigenvalue weighted by Gasteiger charge is 2.51. The maximum atomic E-state index is 8.58. The molecule has 1 aromatic rings. The van der Waals surface area contributed by atoms with E-state index in [2.05, 4.69) is 56.8 Å². The number of benzene rings is 1. The van der Waals surface area contributed by atoms with Gasteiger partial charge in [-0.3, -0.25) is 4.79 Å². The number of fused-ring (bicyclic) bond motifs is 2. The zero-order chi connectivity index (χ0) is 17.1. The molecule has 128 valence electrons. The van der Waals surface area contributed by atoms with Crippen molar-refractivity contribution in [3.8, 4) is 0 Å². The Morgan fingerprint density at radius 2 is 1.83 bits per heavy atom. The van der Waals surface area contributed by atoms with Gasteiger partial charge in [0.25, 0.3) is 0 Å². The molecule has 4 unspecified atom stereocenters. The molecule has 2 aliphatic rings. The predicted molar refractivity (Wildman–Crippen MR) is 97.5 cm³/mol. The van der Waals surface area contributed by atoms with Gasteiger partial charge in [-0.25, -0.2) is 0 Å². The lowest BCUT2D eigenvalue weighted by atomic mass is 9.48. The lowest BCUT2D eigenvalue weighted by molar-refractivity contribution is -0.106. The van der Waals surface area contributed by atoms with Gasteiger partial charge in [0.2, 0.25) is 6.41 Å². The third kappa shape index (κ3) is 3.91. The van der Waals surface area contributed by atoms with Crippen LogP contribution in [0.5, 0.6) is 0 Å². The lowest BCUT2D eigenvalue weighted by Crippen LogP contribution is -2.50. The minimum atomic E-state index is 0.250. The molecule has 1 aromatic carbocycles. The van der Waals surface area contributed by atoms with Crippen molar-refractivity contribution in [1.29, 1.82) is 0 Å². The number of primary amides is 1. The Morgan fingerprint density at radius 1 is 1.22 bits per heavy atom. The van der Waals surface area contributed by atoms with E-state index < -0.39 is 0 Å². The highest BCUT2D eigenvalue weighted by atomic mass is 35.5. The molecule has 0 aromatic heterocycles. The number of hydrogen-bond acceptors (Lipinski definition) is 1. The summed E-state index contributed by atoms with van der Waals surface area (Å²) in [5.74, 6) is 3.11. The molecule has 3 rings (SSSR count). The van der Waals surface area contributed by atoms with Gasteiger partial charge in [-0.1, -0.05) is 51.1 Å². The number of alkyl halides is 1. The molecule has 2 N–H and O–H groups in total. The molecule has 3 heteroatoms. The molecule has 0 aliphatic heterocycles. The summed E-state index contributed by atoms with van der Waals surface area (Å²) in [5, 5.41) is 0. The number of carbonyl (C=O) groups excluding carboxylic acids is 1. The smallest absolute Gasteiger partial charge is 0.204 e. The zero-order valence-corrected chi connectivity index (χ0v) is 15.4. The molecule has 0 radical (unpaired) electrons. The fourth-order valence-electron chi connectivity index (χ4n) is 5.44. The summed E-state index contributed by atoms with van der Waals surface area (Å²) in [6.07, 6.45) is 5.60. The number of nitrogens with two attached hydrogens (primary N) is 1. The van der Waals surface area contributed by atoms with Crippen molar-refractivity contribution in [3.05, 3.63) is 35.9 Å². The monoisotopic (exact) mass is 335 g/mol. The first-order valence-electron chi connectivity index (χ1n) is 8.64. The normalized spacial score (nSPS) is 34.9. The van der Waals surface area contributed by atoms with Gasteiger partial charge in [-0.05, 0) is 59.8 Å². The summed E-state index contributed by atoms with van der Waals surface area (Å²) < 4.78 is 0. The summed E-state index contributed by atoms with van der Waals surface area (Å²) in [7, 11) is 0. The Balaban J connectivity index is 0.000000595. The maximum absolute atomic E-state index is 8.58. The van der Waals surface area contributed by atoms with Crippen LogP contribution >= 0.6 is 11.6 Å². The second kappa shape index (κ2) is 7.25. The van der Waals surface area contributed by atoms with E-state index in [0.717, 1.165) is 17.7 Å². The third-order valence-corrected chi connectivity index (χ3v) is 6.25. The first-order chi connectivity index (χ1) is 10.9. The van der Waals surface area contributed by atoms with Crippen LogP contribution in [0.4, 0.5) is 0 Å². The highest BCUT2D eigenvalue weighted by molar-refractivity contribution is 6.18. The molecule has 0 heterocycles. The molecule has 2 saturated carbocycles. The van der Waals surface area contributed by atoms with Crippen molar-refractivity contribution in [2.75, 3.05) is 5.88 Å². The van der Waals surface area contributed by atoms with E-state index >= 15 is 0 Å². The van der Waals surface area contributed by atoms with Crippen LogP contribution < -0.4 is 5.73 Å². The molecule has 2 bridgehead atoms. The Morgan fingerprint density at radius 3 is 2.39 bits per heavy atom. The Kier molecular flexibility index (Phi) is 5.78. The second-order valence-corrected chi connectivity index (χ2v) is 8.60. The molecule has 2 nitrogen and oxygen atoms in total. The van der Waals surface area contributed by atoms with Crippen LogP contribution in [0, 0.1) is 23.2 Å². The third-order valence-electron chi connectivity index (χ3n) is 5.90. The Bertz CT molecular complexity index is 512. The summed E-state index contributed by atoms with van der Waals surface area (Å²) in [5.41, 5.74) is 6.58. The number of amides is 1. The van der Waals surface area contributed by atoms with Crippen LogP contribution in [0.2, 0.25) is 0 Å². The van der Waals surface area contributed by atoms with Crippen molar-refractivity contribution in [2.45, 2.75) is 51.9 Å². The van der Waals surface area contributed by atoms with E-state index in [1.54, 1.807) is 5.56 Å². The van der Waals surface area contributed by atoms with Gasteiger partial charge < -0.3 is 5.73 Å². The fraction of sp³-hybridized carbons (Fsp3) is 0.650. The van der Waals surface area contributed by atoms with Crippen molar-refractivity contribution in [2.24, 2.45) is 28.9 Å². The molecule has 0 spiro atoms. The zero-order valence-electron chi connectivity index (χ0n) is 14.6. The summed E-state index contributed by atoms with van der Waals surface area (Å²) in [6, 6.07) is 11.3. The molecular formula is C20H30ClNO. The minimum Gasteiger partial charge on any atom is -0.372 e. The van der Waals surface area contributed by atoms with Crippen molar-refractivity contribution in [1.82, 2.24) is 0 Å². The molecule has 23 heavy (non-hydrogen) atoms. The van der Waals surface area contributed by atoms with Gasteiger partial charge in [-0.15, -0.1) is 11.6 Å². The van der Waals surface area contributed by atoms with Crippen LogP contribution in [0.3, 0.4) is 0 Å².